The number of carbonyl (C=O) groups is 1. The Morgan fingerprint density at radius 2 is 1.85 bits per heavy atom. The van der Waals surface area contributed by atoms with Gasteiger partial charge in [-0.1, -0.05) is 30.3 Å². The summed E-state index contributed by atoms with van der Waals surface area (Å²) in [7, 11) is -0.511. The first-order chi connectivity index (χ1) is 12.8. The third kappa shape index (κ3) is 4.14. The van der Waals surface area contributed by atoms with E-state index in [4.69, 9.17) is 0 Å². The highest BCUT2D eigenvalue weighted by Crippen LogP contribution is 2.22. The van der Waals surface area contributed by atoms with E-state index in [0.29, 0.717) is 18.8 Å². The fraction of sp³-hybridized carbons (Fsp3) is 0.350. The molecule has 27 heavy (non-hydrogen) atoms. The van der Waals surface area contributed by atoms with Gasteiger partial charge in [0.25, 0.3) is 0 Å². The lowest BCUT2D eigenvalue weighted by molar-refractivity contribution is -0.130. The molecule has 2 aromatic rings. The molecule has 0 fully saturated rings. The van der Waals surface area contributed by atoms with Gasteiger partial charge in [0, 0.05) is 32.9 Å². The zero-order chi connectivity index (χ0) is 19.6. The van der Waals surface area contributed by atoms with Crippen molar-refractivity contribution in [1.82, 2.24) is 9.21 Å². The number of carbonyl (C=O) groups excluding carboxylic acids is 1. The van der Waals surface area contributed by atoms with Crippen molar-refractivity contribution in [3.8, 4) is 0 Å². The molecular formula is C20H25N3O3S. The summed E-state index contributed by atoms with van der Waals surface area (Å²) in [6.07, 6.45) is 0.859. The van der Waals surface area contributed by atoms with Crippen LogP contribution in [0.1, 0.15) is 16.7 Å². The van der Waals surface area contributed by atoms with Crippen LogP contribution in [-0.4, -0.2) is 50.7 Å². The van der Waals surface area contributed by atoms with Crippen LogP contribution in [0.3, 0.4) is 0 Å². The number of rotatable bonds is 5. The van der Waals surface area contributed by atoms with E-state index in [2.05, 4.69) is 17.4 Å². The molecule has 2 aromatic carbocycles. The van der Waals surface area contributed by atoms with Gasteiger partial charge in [-0.15, -0.1) is 0 Å². The lowest BCUT2D eigenvalue weighted by Crippen LogP contribution is -2.39. The van der Waals surface area contributed by atoms with Crippen LogP contribution in [-0.2, 0) is 27.8 Å². The minimum Gasteiger partial charge on any atom is -0.376 e. The molecule has 0 aromatic heterocycles. The molecule has 0 atom stereocenters. The average molecular weight is 388 g/mol. The molecule has 0 unspecified atom stereocenters. The summed E-state index contributed by atoms with van der Waals surface area (Å²) in [5, 5.41) is 3.11. The second-order valence-corrected chi connectivity index (χ2v) is 9.10. The number of nitrogens with zero attached hydrogens (tertiary/aromatic N) is 2. The van der Waals surface area contributed by atoms with Gasteiger partial charge in [0.15, 0.2) is 0 Å². The van der Waals surface area contributed by atoms with Crippen LogP contribution in [0, 0.1) is 6.92 Å². The molecule has 6 nitrogen and oxygen atoms in total. The molecule has 7 heteroatoms. The Kier molecular flexibility index (Phi) is 5.53. The van der Waals surface area contributed by atoms with Crippen molar-refractivity contribution in [3.05, 3.63) is 59.2 Å². The van der Waals surface area contributed by atoms with Gasteiger partial charge in [0.2, 0.25) is 15.9 Å². The minimum absolute atomic E-state index is 0.00442. The number of amides is 1. The molecule has 1 N–H and O–H groups in total. The second kappa shape index (κ2) is 7.70. The maximum atomic E-state index is 12.6. The second-order valence-electron chi connectivity index (χ2n) is 6.95. The number of hydrogen-bond donors (Lipinski definition) is 1. The van der Waals surface area contributed by atoms with E-state index < -0.39 is 10.0 Å². The lowest BCUT2D eigenvalue weighted by atomic mass is 10.00. The topological polar surface area (TPSA) is 69.7 Å². The lowest BCUT2D eigenvalue weighted by Gasteiger charge is -2.29. The fourth-order valence-corrected chi connectivity index (χ4v) is 4.08. The van der Waals surface area contributed by atoms with Gasteiger partial charge >= 0.3 is 0 Å². The van der Waals surface area contributed by atoms with Crippen LogP contribution in [0.15, 0.2) is 47.4 Å². The zero-order valence-electron chi connectivity index (χ0n) is 15.9. The highest BCUT2D eigenvalue weighted by molar-refractivity contribution is 7.89. The SMILES string of the molecule is Cc1ccc(S(=O)(=O)N(C)C)cc1NCC(=O)N1CCc2ccccc2C1. The van der Waals surface area contributed by atoms with Crippen molar-refractivity contribution >= 4 is 21.6 Å². The summed E-state index contributed by atoms with van der Waals surface area (Å²) < 4.78 is 25.8. The molecule has 1 aliphatic heterocycles. The highest BCUT2D eigenvalue weighted by atomic mass is 32.2. The molecule has 0 spiro atoms. The first-order valence-electron chi connectivity index (χ1n) is 8.90. The molecule has 144 valence electrons. The van der Waals surface area contributed by atoms with Crippen molar-refractivity contribution in [1.29, 1.82) is 0 Å². The molecule has 1 aliphatic rings. The van der Waals surface area contributed by atoms with Crippen molar-refractivity contribution in [2.45, 2.75) is 24.8 Å². The third-order valence-electron chi connectivity index (χ3n) is 4.90. The first kappa shape index (κ1) is 19.4. The Balaban J connectivity index is 1.69. The summed E-state index contributed by atoms with van der Waals surface area (Å²) in [5.41, 5.74) is 4.03. The number of sulfonamides is 1. The van der Waals surface area contributed by atoms with E-state index >= 15 is 0 Å². The average Bonchev–Trinajstić information content (AvgIpc) is 2.66. The number of hydrogen-bond acceptors (Lipinski definition) is 4. The van der Waals surface area contributed by atoms with Crippen LogP contribution in [0.5, 0.6) is 0 Å². The molecule has 1 heterocycles. The van der Waals surface area contributed by atoms with Gasteiger partial charge in [-0.05, 0) is 42.2 Å². The predicted octanol–water partition coefficient (Wildman–Crippen LogP) is 2.24. The van der Waals surface area contributed by atoms with Crippen LogP contribution in [0.25, 0.3) is 0 Å². The van der Waals surface area contributed by atoms with Crippen LogP contribution in [0.4, 0.5) is 5.69 Å². The van der Waals surface area contributed by atoms with Gasteiger partial charge in [-0.2, -0.15) is 0 Å². The standard InChI is InChI=1S/C20H25N3O3S/c1-15-8-9-18(27(25,26)22(2)3)12-19(15)21-13-20(24)23-11-10-16-6-4-5-7-17(16)14-23/h4-9,12,21H,10-11,13-14H2,1-3H3. The van der Waals surface area contributed by atoms with Crippen molar-refractivity contribution < 1.29 is 13.2 Å². The molecule has 0 saturated carbocycles. The van der Waals surface area contributed by atoms with E-state index in [1.54, 1.807) is 18.2 Å². The normalized spacial score (nSPS) is 14.1. The number of anilines is 1. The molecule has 0 bridgehead atoms. The molecular weight excluding hydrogens is 362 g/mol. The van der Waals surface area contributed by atoms with Gasteiger partial charge in [0.1, 0.15) is 0 Å². The van der Waals surface area contributed by atoms with Crippen LogP contribution < -0.4 is 5.32 Å². The Hall–Kier alpha value is -2.38. The Morgan fingerprint density at radius 1 is 1.15 bits per heavy atom. The van der Waals surface area contributed by atoms with E-state index in [-0.39, 0.29) is 17.3 Å². The Labute approximate surface area is 160 Å². The molecule has 0 saturated heterocycles. The minimum atomic E-state index is -3.51. The smallest absolute Gasteiger partial charge is 0.242 e. The van der Waals surface area contributed by atoms with Crippen molar-refractivity contribution in [2.75, 3.05) is 32.5 Å². The zero-order valence-corrected chi connectivity index (χ0v) is 16.7. The molecule has 0 aliphatic carbocycles. The predicted molar refractivity (Wildman–Crippen MR) is 106 cm³/mol. The largest absolute Gasteiger partial charge is 0.376 e. The summed E-state index contributed by atoms with van der Waals surface area (Å²) in [6, 6.07) is 13.1. The van der Waals surface area contributed by atoms with Crippen LogP contribution in [0.2, 0.25) is 0 Å². The van der Waals surface area contributed by atoms with E-state index in [0.717, 1.165) is 12.0 Å². The van der Waals surface area contributed by atoms with E-state index in [9.17, 15) is 13.2 Å². The summed E-state index contributed by atoms with van der Waals surface area (Å²) >= 11 is 0. The first-order valence-corrected chi connectivity index (χ1v) is 10.3. The van der Waals surface area contributed by atoms with Gasteiger partial charge in [-0.3, -0.25) is 4.79 Å². The number of nitrogens with one attached hydrogen (secondary N) is 1. The van der Waals surface area contributed by atoms with E-state index in [1.165, 1.54) is 29.5 Å². The monoisotopic (exact) mass is 387 g/mol. The summed E-state index contributed by atoms with van der Waals surface area (Å²) in [4.78, 5) is 14.7. The van der Waals surface area contributed by atoms with Gasteiger partial charge < -0.3 is 10.2 Å². The van der Waals surface area contributed by atoms with Crippen molar-refractivity contribution in [2.24, 2.45) is 0 Å². The Morgan fingerprint density at radius 3 is 2.56 bits per heavy atom. The quantitative estimate of drug-likeness (QED) is 0.854. The third-order valence-corrected chi connectivity index (χ3v) is 6.71. The summed E-state index contributed by atoms with van der Waals surface area (Å²) in [5.74, 6) is 0.00442. The molecule has 1 amide bonds. The number of benzene rings is 2. The summed E-state index contributed by atoms with van der Waals surface area (Å²) in [6.45, 7) is 3.33. The van der Waals surface area contributed by atoms with Crippen molar-refractivity contribution in [3.63, 3.8) is 0 Å². The fourth-order valence-electron chi connectivity index (χ4n) is 3.15. The molecule has 0 radical (unpaired) electrons. The number of fused-ring (bicyclic) bond motifs is 1. The molecule has 3 rings (SSSR count). The van der Waals surface area contributed by atoms with Gasteiger partial charge in [-0.25, -0.2) is 12.7 Å². The maximum Gasteiger partial charge on any atom is 0.242 e. The number of aryl methyl sites for hydroxylation is 1. The maximum absolute atomic E-state index is 12.6. The van der Waals surface area contributed by atoms with E-state index in [1.807, 2.05) is 24.0 Å². The van der Waals surface area contributed by atoms with Gasteiger partial charge in [0.05, 0.1) is 11.4 Å². The van der Waals surface area contributed by atoms with Crippen LogP contribution >= 0.6 is 0 Å². The highest BCUT2D eigenvalue weighted by Gasteiger charge is 2.21. The Bertz CT molecular complexity index is 955.